The van der Waals surface area contributed by atoms with E-state index in [4.69, 9.17) is 15.0 Å². The van der Waals surface area contributed by atoms with Crippen molar-refractivity contribution in [3.63, 3.8) is 0 Å². The Morgan fingerprint density at radius 2 is 1.97 bits per heavy atom. The molecule has 4 rings (SSSR count). The van der Waals surface area contributed by atoms with Crippen molar-refractivity contribution in [1.29, 1.82) is 5.26 Å². The van der Waals surface area contributed by atoms with Crippen LogP contribution in [0, 0.1) is 17.1 Å². The highest BCUT2D eigenvalue weighted by Gasteiger charge is 2.26. The van der Waals surface area contributed by atoms with Crippen molar-refractivity contribution < 1.29 is 13.9 Å². The van der Waals surface area contributed by atoms with Gasteiger partial charge in [0.05, 0.1) is 16.8 Å². The topological polar surface area (TPSA) is 63.0 Å². The van der Waals surface area contributed by atoms with E-state index < -0.39 is 12.1 Å². The first-order valence-electron chi connectivity index (χ1n) is 9.55. The Bertz CT molecular complexity index is 1160. The molecule has 4 nitrogen and oxygen atoms in total. The zero-order valence-electron chi connectivity index (χ0n) is 16.0. The maximum atomic E-state index is 13.2. The molecule has 0 fully saturated rings. The number of esters is 1. The lowest BCUT2D eigenvalue weighted by Crippen LogP contribution is -2.18. The second-order valence-corrected chi connectivity index (χ2v) is 7.08. The van der Waals surface area contributed by atoms with Crippen LogP contribution in [0.1, 0.15) is 46.9 Å². The number of aromatic nitrogens is 1. The fourth-order valence-corrected chi connectivity index (χ4v) is 3.71. The summed E-state index contributed by atoms with van der Waals surface area (Å²) in [5.41, 5.74) is 4.69. The van der Waals surface area contributed by atoms with Gasteiger partial charge < -0.3 is 4.74 Å². The molecule has 0 spiro atoms. The number of carbonyl (C=O) groups excluding carboxylic acids is 1. The Morgan fingerprint density at radius 3 is 2.72 bits per heavy atom. The molecule has 0 aliphatic heterocycles. The number of hydrogen-bond donors (Lipinski definition) is 0. The third kappa shape index (κ3) is 3.74. The minimum atomic E-state index is -0.831. The lowest BCUT2D eigenvalue weighted by Gasteiger charge is -2.22. The van der Waals surface area contributed by atoms with Gasteiger partial charge in [-0.1, -0.05) is 30.3 Å². The summed E-state index contributed by atoms with van der Waals surface area (Å²) in [6, 6.07) is 15.7. The first-order valence-corrected chi connectivity index (χ1v) is 9.55. The third-order valence-corrected chi connectivity index (χ3v) is 5.05. The van der Waals surface area contributed by atoms with Gasteiger partial charge in [-0.25, -0.2) is 14.2 Å². The van der Waals surface area contributed by atoms with Crippen molar-refractivity contribution >= 4 is 28.5 Å². The van der Waals surface area contributed by atoms with Crippen LogP contribution in [-0.4, -0.2) is 17.1 Å². The number of halogens is 1. The van der Waals surface area contributed by atoms with Gasteiger partial charge in [-0.05, 0) is 67.2 Å². The van der Waals surface area contributed by atoms with Crippen LogP contribution in [0.15, 0.2) is 48.5 Å². The predicted molar refractivity (Wildman–Crippen MR) is 109 cm³/mol. The summed E-state index contributed by atoms with van der Waals surface area (Å²) in [7, 11) is 0. The van der Waals surface area contributed by atoms with Gasteiger partial charge in [0, 0.05) is 5.39 Å². The van der Waals surface area contributed by atoms with Crippen LogP contribution in [-0.2, 0) is 11.2 Å². The maximum absolute atomic E-state index is 13.2. The number of allylic oxidation sites excluding steroid dienone is 1. The van der Waals surface area contributed by atoms with Crippen LogP contribution in [0.2, 0.25) is 0 Å². The molecule has 1 atom stereocenters. The molecule has 0 saturated carbocycles. The number of nitriles is 1. The number of para-hydroxylation sites is 1. The molecule has 0 saturated heterocycles. The van der Waals surface area contributed by atoms with E-state index in [0.29, 0.717) is 17.5 Å². The smallest absolute Gasteiger partial charge is 0.340 e. The quantitative estimate of drug-likeness (QED) is 0.572. The van der Waals surface area contributed by atoms with Gasteiger partial charge in [0.25, 0.3) is 0 Å². The van der Waals surface area contributed by atoms with E-state index in [1.54, 1.807) is 19.1 Å². The van der Waals surface area contributed by atoms with E-state index >= 15 is 0 Å². The normalized spacial score (nSPS) is 15.6. The zero-order chi connectivity index (χ0) is 20.4. The fraction of sp³-hybridized carbons (Fsp3) is 0.208. The Kier molecular flexibility index (Phi) is 5.09. The number of benzene rings is 2. The Hall–Kier alpha value is -3.52. The first kappa shape index (κ1) is 18.8. The third-order valence-electron chi connectivity index (χ3n) is 5.05. The molecule has 2 aromatic carbocycles. The molecule has 1 heterocycles. The van der Waals surface area contributed by atoms with Crippen molar-refractivity contribution in [1.82, 2.24) is 4.98 Å². The number of pyridine rings is 1. The lowest BCUT2D eigenvalue weighted by atomic mass is 9.86. The average molecular weight is 386 g/mol. The molecule has 1 aliphatic carbocycles. The van der Waals surface area contributed by atoms with Crippen LogP contribution in [0.3, 0.4) is 0 Å². The number of rotatable bonds is 3. The molecule has 3 aromatic rings. The summed E-state index contributed by atoms with van der Waals surface area (Å²) in [4.78, 5) is 17.8. The lowest BCUT2D eigenvalue weighted by molar-refractivity contribution is 0.0436. The number of nitrogens with zero attached hydrogens (tertiary/aromatic N) is 2. The Morgan fingerprint density at radius 1 is 1.21 bits per heavy atom. The van der Waals surface area contributed by atoms with Crippen LogP contribution >= 0.6 is 0 Å². The molecule has 5 heteroatoms. The molecule has 1 unspecified atom stereocenters. The number of ether oxygens (including phenoxy) is 1. The second-order valence-electron chi connectivity index (χ2n) is 7.08. The summed E-state index contributed by atoms with van der Waals surface area (Å²) in [5, 5.41) is 9.76. The van der Waals surface area contributed by atoms with E-state index in [-0.39, 0.29) is 5.82 Å². The van der Waals surface area contributed by atoms with Crippen molar-refractivity contribution in [2.75, 3.05) is 0 Å². The van der Waals surface area contributed by atoms with Crippen molar-refractivity contribution in [3.05, 3.63) is 76.7 Å². The van der Waals surface area contributed by atoms with Crippen LogP contribution < -0.4 is 0 Å². The van der Waals surface area contributed by atoms with Crippen molar-refractivity contribution in [2.45, 2.75) is 32.3 Å². The van der Waals surface area contributed by atoms with Gasteiger partial charge in [0.1, 0.15) is 11.9 Å². The minimum Gasteiger partial charge on any atom is -0.444 e. The highest BCUT2D eigenvalue weighted by Crippen LogP contribution is 2.36. The van der Waals surface area contributed by atoms with Gasteiger partial charge in [-0.15, -0.1) is 0 Å². The van der Waals surface area contributed by atoms with E-state index in [1.165, 1.54) is 12.1 Å². The van der Waals surface area contributed by atoms with Gasteiger partial charge >= 0.3 is 5.97 Å². The number of fused-ring (bicyclic) bond motifs is 2. The van der Waals surface area contributed by atoms with Gasteiger partial charge in [0.15, 0.2) is 6.10 Å². The summed E-state index contributed by atoms with van der Waals surface area (Å²) >= 11 is 0. The van der Waals surface area contributed by atoms with E-state index in [2.05, 4.69) is 0 Å². The monoisotopic (exact) mass is 386 g/mol. The van der Waals surface area contributed by atoms with Crippen molar-refractivity contribution in [2.24, 2.45) is 0 Å². The SMILES string of the molecule is CC(C#N)OC(=O)c1c2c(nc3ccccc13)/C(=C\c1ccc(F)cc1)CCC2. The standard InChI is InChI=1S/C24H19FN2O2/c1-15(14-26)29-24(28)22-19-6-2-3-8-21(19)27-23-17(5-4-7-20(22)23)13-16-9-11-18(25)12-10-16/h2-3,6,8-13,15H,4-5,7H2,1H3/b17-13-. The zero-order valence-corrected chi connectivity index (χ0v) is 16.0. The fourth-order valence-electron chi connectivity index (χ4n) is 3.71. The summed E-state index contributed by atoms with van der Waals surface area (Å²) < 4.78 is 18.6. The van der Waals surface area contributed by atoms with Crippen LogP contribution in [0.25, 0.3) is 22.6 Å². The molecule has 0 N–H and O–H groups in total. The van der Waals surface area contributed by atoms with Gasteiger partial charge in [0.2, 0.25) is 0 Å². The maximum Gasteiger partial charge on any atom is 0.340 e. The van der Waals surface area contributed by atoms with Gasteiger partial charge in [-0.2, -0.15) is 5.26 Å². The average Bonchev–Trinajstić information content (AvgIpc) is 2.73. The molecule has 1 aliphatic rings. The Balaban J connectivity index is 1.89. The molecule has 0 radical (unpaired) electrons. The van der Waals surface area contributed by atoms with Gasteiger partial charge in [-0.3, -0.25) is 0 Å². The summed E-state index contributed by atoms with van der Waals surface area (Å²) in [5.74, 6) is -0.783. The highest BCUT2D eigenvalue weighted by molar-refractivity contribution is 6.06. The van der Waals surface area contributed by atoms with E-state index in [1.807, 2.05) is 36.4 Å². The number of carbonyl (C=O) groups is 1. The predicted octanol–water partition coefficient (Wildman–Crippen LogP) is 5.32. The van der Waals surface area contributed by atoms with Crippen LogP contribution in [0.5, 0.6) is 0 Å². The Labute approximate surface area is 168 Å². The van der Waals surface area contributed by atoms with Crippen LogP contribution in [0.4, 0.5) is 4.39 Å². The van der Waals surface area contributed by atoms with E-state index in [9.17, 15) is 9.18 Å². The second kappa shape index (κ2) is 7.84. The largest absolute Gasteiger partial charge is 0.444 e. The van der Waals surface area contributed by atoms with E-state index in [0.717, 1.165) is 40.6 Å². The molecular formula is C24H19FN2O2. The minimum absolute atomic E-state index is 0.281. The molecular weight excluding hydrogens is 367 g/mol. The molecule has 0 amide bonds. The summed E-state index contributed by atoms with van der Waals surface area (Å²) in [6.07, 6.45) is 3.56. The number of hydrogen-bond acceptors (Lipinski definition) is 4. The molecule has 144 valence electrons. The highest BCUT2D eigenvalue weighted by atomic mass is 19.1. The molecule has 0 bridgehead atoms. The summed E-state index contributed by atoms with van der Waals surface area (Å²) in [6.45, 7) is 1.55. The molecule has 29 heavy (non-hydrogen) atoms. The first-order chi connectivity index (χ1) is 14.1. The van der Waals surface area contributed by atoms with Crippen molar-refractivity contribution in [3.8, 4) is 6.07 Å². The molecule has 1 aromatic heterocycles.